The SMILES string of the molecule is C/C=C/c1cc(OC)c2c(c1)[C@H](C)[C@@H](c1cc(C[NH+](C)CCO)c(O)c(OC)c1)O2.[Cl-]. The molecule has 0 fully saturated rings. The second kappa shape index (κ2) is 10.8. The summed E-state index contributed by atoms with van der Waals surface area (Å²) in [6, 6.07) is 7.93. The van der Waals surface area contributed by atoms with E-state index in [9.17, 15) is 10.2 Å². The Hall–Kier alpha value is -2.41. The number of fused-ring (bicyclic) bond motifs is 1. The molecule has 1 aliphatic rings. The average Bonchev–Trinajstić information content (AvgIpc) is 3.06. The van der Waals surface area contributed by atoms with E-state index in [1.54, 1.807) is 14.2 Å². The fourth-order valence-electron chi connectivity index (χ4n) is 4.05. The summed E-state index contributed by atoms with van der Waals surface area (Å²) in [5.41, 5.74) is 3.88. The van der Waals surface area contributed by atoms with Crippen LogP contribution in [0.5, 0.6) is 23.0 Å². The molecule has 0 aromatic heterocycles. The van der Waals surface area contributed by atoms with E-state index >= 15 is 0 Å². The Morgan fingerprint density at radius 3 is 2.45 bits per heavy atom. The van der Waals surface area contributed by atoms with Gasteiger partial charge in [0.05, 0.1) is 33.4 Å². The third-order valence-corrected chi connectivity index (χ3v) is 5.63. The highest BCUT2D eigenvalue weighted by Gasteiger charge is 2.36. The Bertz CT molecular complexity index is 931. The first-order chi connectivity index (χ1) is 14.4. The number of phenols is 1. The third-order valence-electron chi connectivity index (χ3n) is 5.63. The third kappa shape index (κ3) is 5.09. The number of methoxy groups -OCH3 is 2. The summed E-state index contributed by atoms with van der Waals surface area (Å²) in [6.07, 6.45) is 3.83. The largest absolute Gasteiger partial charge is 1.00 e. The summed E-state index contributed by atoms with van der Waals surface area (Å²) >= 11 is 0. The zero-order chi connectivity index (χ0) is 21.8. The number of quaternary nitrogens is 1. The molecule has 2 aromatic carbocycles. The molecule has 0 radical (unpaired) electrons. The topological polar surface area (TPSA) is 72.6 Å². The maximum absolute atomic E-state index is 10.6. The van der Waals surface area contributed by atoms with Crippen molar-refractivity contribution in [1.29, 1.82) is 0 Å². The molecule has 0 bridgehead atoms. The minimum absolute atomic E-state index is 0. The van der Waals surface area contributed by atoms with E-state index in [0.29, 0.717) is 24.6 Å². The van der Waals surface area contributed by atoms with E-state index in [0.717, 1.165) is 32.9 Å². The first-order valence-corrected chi connectivity index (χ1v) is 10.3. The maximum atomic E-state index is 10.6. The highest BCUT2D eigenvalue weighted by molar-refractivity contribution is 5.62. The van der Waals surface area contributed by atoms with Crippen LogP contribution in [0.4, 0.5) is 0 Å². The van der Waals surface area contributed by atoms with E-state index in [2.05, 4.69) is 13.0 Å². The molecule has 2 aromatic rings. The van der Waals surface area contributed by atoms with E-state index in [1.807, 2.05) is 44.3 Å². The fourth-order valence-corrected chi connectivity index (χ4v) is 4.05. The van der Waals surface area contributed by atoms with Gasteiger partial charge < -0.3 is 41.7 Å². The summed E-state index contributed by atoms with van der Waals surface area (Å²) in [6.45, 7) is 5.38. The molecule has 3 N–H and O–H groups in total. The molecular formula is C24H32ClNO5. The summed E-state index contributed by atoms with van der Waals surface area (Å²) in [5, 5.41) is 19.8. The van der Waals surface area contributed by atoms with Crippen LogP contribution >= 0.6 is 0 Å². The van der Waals surface area contributed by atoms with Crippen LogP contribution in [0, 0.1) is 0 Å². The molecule has 0 saturated heterocycles. The van der Waals surface area contributed by atoms with Crippen molar-refractivity contribution in [2.24, 2.45) is 0 Å². The number of benzene rings is 2. The number of aliphatic hydroxyl groups excluding tert-OH is 1. The Morgan fingerprint density at radius 1 is 1.13 bits per heavy atom. The molecule has 1 heterocycles. The lowest BCUT2D eigenvalue weighted by molar-refractivity contribution is -0.894. The fraction of sp³-hybridized carbons (Fsp3) is 0.417. The number of halogens is 1. The van der Waals surface area contributed by atoms with Crippen molar-refractivity contribution >= 4 is 6.08 Å². The standard InChI is InChI=1S/C24H31NO5.ClH/c1-6-7-16-10-19-15(2)23(30-24(19)21(11-16)29-5)17-12-18(14-25(3)8-9-26)22(27)20(13-17)28-4;/h6-7,10-13,15,23,26-27H,8-9,14H2,1-5H3;1H/b7-6+;/t15-,23-;/m0./s1. The van der Waals surface area contributed by atoms with Gasteiger partial charge in [0, 0.05) is 11.5 Å². The van der Waals surface area contributed by atoms with Crippen LogP contribution in [0.3, 0.4) is 0 Å². The van der Waals surface area contributed by atoms with Gasteiger partial charge in [-0.15, -0.1) is 0 Å². The predicted molar refractivity (Wildman–Crippen MR) is 117 cm³/mol. The van der Waals surface area contributed by atoms with Crippen molar-refractivity contribution in [3.05, 3.63) is 52.6 Å². The van der Waals surface area contributed by atoms with E-state index in [4.69, 9.17) is 14.2 Å². The minimum Gasteiger partial charge on any atom is -1.00 e. The minimum atomic E-state index is -0.221. The van der Waals surface area contributed by atoms with E-state index in [-0.39, 0.29) is 36.8 Å². The van der Waals surface area contributed by atoms with Gasteiger partial charge in [0.1, 0.15) is 19.2 Å². The predicted octanol–water partition coefficient (Wildman–Crippen LogP) is -0.309. The molecule has 0 amide bonds. The number of nitrogens with one attached hydrogen (secondary N) is 1. The van der Waals surface area contributed by atoms with Crippen molar-refractivity contribution in [1.82, 2.24) is 0 Å². The molecule has 0 spiro atoms. The van der Waals surface area contributed by atoms with Crippen LogP contribution in [-0.2, 0) is 6.54 Å². The molecule has 1 unspecified atom stereocenters. The molecule has 1 aliphatic heterocycles. The van der Waals surface area contributed by atoms with Crippen molar-refractivity contribution in [2.75, 3.05) is 34.4 Å². The molecule has 31 heavy (non-hydrogen) atoms. The lowest BCUT2D eigenvalue weighted by atomic mass is 9.90. The van der Waals surface area contributed by atoms with Crippen molar-refractivity contribution in [3.63, 3.8) is 0 Å². The number of aromatic hydroxyl groups is 1. The quantitative estimate of drug-likeness (QED) is 0.515. The zero-order valence-electron chi connectivity index (χ0n) is 18.7. The van der Waals surface area contributed by atoms with Crippen LogP contribution in [0.15, 0.2) is 30.3 Å². The zero-order valence-corrected chi connectivity index (χ0v) is 19.5. The van der Waals surface area contributed by atoms with Crippen molar-refractivity contribution < 1.29 is 41.7 Å². The Labute approximate surface area is 190 Å². The average molecular weight is 450 g/mol. The second-order valence-electron chi connectivity index (χ2n) is 7.81. The Balaban J connectivity index is 0.00000341. The smallest absolute Gasteiger partial charge is 0.166 e. The number of phenolic OH excluding ortho intramolecular Hbond substituents is 1. The van der Waals surface area contributed by atoms with Gasteiger partial charge in [-0.05, 0) is 42.3 Å². The molecule has 0 saturated carbocycles. The molecule has 6 nitrogen and oxygen atoms in total. The first-order valence-electron chi connectivity index (χ1n) is 10.3. The molecule has 170 valence electrons. The number of allylic oxidation sites excluding steroid dienone is 1. The molecular weight excluding hydrogens is 418 g/mol. The van der Waals surface area contributed by atoms with Crippen LogP contribution < -0.4 is 31.5 Å². The van der Waals surface area contributed by atoms with Gasteiger partial charge in [0.15, 0.2) is 23.0 Å². The van der Waals surface area contributed by atoms with Gasteiger partial charge in [-0.1, -0.05) is 19.1 Å². The Kier molecular flexibility index (Phi) is 8.62. The van der Waals surface area contributed by atoms with Crippen LogP contribution in [0.1, 0.15) is 48.1 Å². The van der Waals surface area contributed by atoms with Crippen molar-refractivity contribution in [2.45, 2.75) is 32.4 Å². The normalized spacial score (nSPS) is 18.3. The number of hydrogen-bond donors (Lipinski definition) is 3. The van der Waals surface area contributed by atoms with E-state index in [1.165, 1.54) is 0 Å². The lowest BCUT2D eigenvalue weighted by Crippen LogP contribution is -3.08. The first kappa shape index (κ1) is 24.9. The van der Waals surface area contributed by atoms with Crippen LogP contribution in [0.2, 0.25) is 0 Å². The second-order valence-corrected chi connectivity index (χ2v) is 7.81. The van der Waals surface area contributed by atoms with Crippen LogP contribution in [-0.4, -0.2) is 44.6 Å². The Morgan fingerprint density at radius 2 is 1.84 bits per heavy atom. The summed E-state index contributed by atoms with van der Waals surface area (Å²) in [5.74, 6) is 2.14. The molecule has 7 heteroatoms. The monoisotopic (exact) mass is 449 g/mol. The summed E-state index contributed by atoms with van der Waals surface area (Å²) in [4.78, 5) is 1.09. The van der Waals surface area contributed by atoms with Gasteiger partial charge in [0.25, 0.3) is 0 Å². The number of hydrogen-bond acceptors (Lipinski definition) is 5. The molecule has 0 aliphatic carbocycles. The van der Waals surface area contributed by atoms with Gasteiger partial charge in [-0.25, -0.2) is 0 Å². The highest BCUT2D eigenvalue weighted by atomic mass is 35.5. The van der Waals surface area contributed by atoms with Crippen molar-refractivity contribution in [3.8, 4) is 23.0 Å². The summed E-state index contributed by atoms with van der Waals surface area (Å²) < 4.78 is 17.4. The summed E-state index contributed by atoms with van der Waals surface area (Å²) in [7, 11) is 5.18. The number of rotatable bonds is 8. The lowest BCUT2D eigenvalue weighted by Gasteiger charge is -2.20. The number of likely N-dealkylation sites (N-methyl/N-ethyl adjacent to an activating group) is 1. The van der Waals surface area contributed by atoms with Gasteiger partial charge >= 0.3 is 0 Å². The van der Waals surface area contributed by atoms with Crippen LogP contribution in [0.25, 0.3) is 6.08 Å². The van der Waals surface area contributed by atoms with Gasteiger partial charge in [0.2, 0.25) is 0 Å². The van der Waals surface area contributed by atoms with E-state index < -0.39 is 0 Å². The van der Waals surface area contributed by atoms with Gasteiger partial charge in [-0.3, -0.25) is 0 Å². The maximum Gasteiger partial charge on any atom is 0.166 e. The number of ether oxygens (including phenoxy) is 3. The molecule has 3 rings (SSSR count). The molecule has 3 atom stereocenters. The highest BCUT2D eigenvalue weighted by Crippen LogP contribution is 2.51. The van der Waals surface area contributed by atoms with Gasteiger partial charge in [-0.2, -0.15) is 0 Å². The number of aliphatic hydroxyl groups is 1.